The molecule has 19 heavy (non-hydrogen) atoms. The largest absolute Gasteiger partial charge is 0.334 e. The van der Waals surface area contributed by atoms with E-state index in [1.807, 2.05) is 26.2 Å². The Bertz CT molecular complexity index is 589. The molecule has 0 bridgehead atoms. The minimum Gasteiger partial charge on any atom is -0.334 e. The molecule has 2 aromatic heterocycles. The Labute approximate surface area is 120 Å². The predicted octanol–water partition coefficient (Wildman–Crippen LogP) is 1.67. The van der Waals surface area contributed by atoms with Gasteiger partial charge in [-0.25, -0.2) is 0 Å². The molecule has 0 aromatic carbocycles. The molecule has 0 radical (unpaired) electrons. The Balaban J connectivity index is 2.14. The predicted molar refractivity (Wildman–Crippen MR) is 74.6 cm³/mol. The molecule has 0 atom stereocenters. The third-order valence-electron chi connectivity index (χ3n) is 2.91. The molecule has 2 heterocycles. The summed E-state index contributed by atoms with van der Waals surface area (Å²) in [5.74, 6) is -0.111. The molecule has 0 aliphatic carbocycles. The van der Waals surface area contributed by atoms with E-state index < -0.39 is 0 Å². The van der Waals surface area contributed by atoms with Crippen LogP contribution in [-0.4, -0.2) is 37.4 Å². The number of amides is 1. The molecule has 0 saturated carbocycles. The van der Waals surface area contributed by atoms with Gasteiger partial charge in [0.25, 0.3) is 5.91 Å². The SMILES string of the molecule is CCn1cc(Br)c(C(=O)N(C)Cc2ccnn2C)n1. The van der Waals surface area contributed by atoms with Crippen LogP contribution >= 0.6 is 15.9 Å². The van der Waals surface area contributed by atoms with Gasteiger partial charge in [0.05, 0.1) is 16.7 Å². The van der Waals surface area contributed by atoms with E-state index in [9.17, 15) is 4.79 Å². The second kappa shape index (κ2) is 5.56. The van der Waals surface area contributed by atoms with Crippen molar-refractivity contribution in [3.05, 3.63) is 34.3 Å². The number of hydrogen-bond donors (Lipinski definition) is 0. The quantitative estimate of drug-likeness (QED) is 0.859. The van der Waals surface area contributed by atoms with Crippen LogP contribution in [0.2, 0.25) is 0 Å². The fraction of sp³-hybridized carbons (Fsp3) is 0.417. The highest BCUT2D eigenvalue weighted by molar-refractivity contribution is 9.10. The van der Waals surface area contributed by atoms with E-state index in [4.69, 9.17) is 0 Å². The van der Waals surface area contributed by atoms with Gasteiger partial charge in [0.15, 0.2) is 5.69 Å². The van der Waals surface area contributed by atoms with Gasteiger partial charge in [-0.3, -0.25) is 14.2 Å². The Hall–Kier alpha value is -1.63. The van der Waals surface area contributed by atoms with Crippen LogP contribution in [-0.2, 0) is 20.1 Å². The van der Waals surface area contributed by atoms with Gasteiger partial charge < -0.3 is 4.90 Å². The summed E-state index contributed by atoms with van der Waals surface area (Å²) >= 11 is 3.37. The van der Waals surface area contributed by atoms with Crippen LogP contribution in [0.3, 0.4) is 0 Å². The maximum Gasteiger partial charge on any atom is 0.275 e. The van der Waals surface area contributed by atoms with E-state index in [0.717, 1.165) is 16.7 Å². The molecule has 2 rings (SSSR count). The molecule has 0 unspecified atom stereocenters. The molecule has 0 aliphatic heterocycles. The van der Waals surface area contributed by atoms with Crippen LogP contribution in [0.25, 0.3) is 0 Å². The average Bonchev–Trinajstić information content (AvgIpc) is 2.95. The summed E-state index contributed by atoms with van der Waals surface area (Å²) in [6.07, 6.45) is 3.53. The number of aromatic nitrogens is 4. The van der Waals surface area contributed by atoms with Gasteiger partial charge in [0.2, 0.25) is 0 Å². The Morgan fingerprint density at radius 1 is 1.53 bits per heavy atom. The van der Waals surface area contributed by atoms with Gasteiger partial charge in [0, 0.05) is 33.0 Å². The fourth-order valence-electron chi connectivity index (χ4n) is 1.76. The molecular weight excluding hydrogens is 310 g/mol. The van der Waals surface area contributed by atoms with Crippen molar-refractivity contribution >= 4 is 21.8 Å². The summed E-state index contributed by atoms with van der Waals surface area (Å²) in [6.45, 7) is 3.21. The Morgan fingerprint density at radius 2 is 2.26 bits per heavy atom. The van der Waals surface area contributed by atoms with Crippen LogP contribution < -0.4 is 0 Å². The molecular formula is C12H16BrN5O. The van der Waals surface area contributed by atoms with Crippen molar-refractivity contribution in [1.29, 1.82) is 0 Å². The summed E-state index contributed by atoms with van der Waals surface area (Å²) in [6, 6.07) is 1.89. The molecule has 0 N–H and O–H groups in total. The maximum atomic E-state index is 12.3. The van der Waals surface area contributed by atoms with E-state index in [2.05, 4.69) is 26.1 Å². The van der Waals surface area contributed by atoms with Crippen molar-refractivity contribution in [2.24, 2.45) is 7.05 Å². The second-order valence-corrected chi connectivity index (χ2v) is 5.14. The summed E-state index contributed by atoms with van der Waals surface area (Å²) in [7, 11) is 3.61. The van der Waals surface area contributed by atoms with Gasteiger partial charge in [0.1, 0.15) is 0 Å². The standard InChI is InChI=1S/C12H16BrN5O/c1-4-18-8-10(13)11(15-18)12(19)16(2)7-9-5-6-14-17(9)3/h5-6,8H,4,7H2,1-3H3. The first-order chi connectivity index (χ1) is 9.02. The second-order valence-electron chi connectivity index (χ2n) is 4.29. The normalized spacial score (nSPS) is 10.7. The highest BCUT2D eigenvalue weighted by Crippen LogP contribution is 2.17. The van der Waals surface area contributed by atoms with Crippen molar-refractivity contribution in [2.75, 3.05) is 7.05 Å². The maximum absolute atomic E-state index is 12.3. The lowest BCUT2D eigenvalue weighted by Crippen LogP contribution is -2.28. The minimum absolute atomic E-state index is 0.111. The lowest BCUT2D eigenvalue weighted by Gasteiger charge is -2.16. The average molecular weight is 326 g/mol. The van der Waals surface area contributed by atoms with Crippen LogP contribution in [0, 0.1) is 0 Å². The zero-order chi connectivity index (χ0) is 14.0. The Morgan fingerprint density at radius 3 is 2.79 bits per heavy atom. The van der Waals surface area contributed by atoms with Crippen molar-refractivity contribution in [3.8, 4) is 0 Å². The molecule has 1 amide bonds. The number of carbonyl (C=O) groups excluding carboxylic acids is 1. The lowest BCUT2D eigenvalue weighted by atomic mass is 10.3. The first kappa shape index (κ1) is 13.8. The molecule has 2 aromatic rings. The number of halogens is 1. The fourth-order valence-corrected chi connectivity index (χ4v) is 2.24. The lowest BCUT2D eigenvalue weighted by molar-refractivity contribution is 0.0774. The monoisotopic (exact) mass is 325 g/mol. The van der Waals surface area contributed by atoms with E-state index >= 15 is 0 Å². The van der Waals surface area contributed by atoms with Gasteiger partial charge in [-0.2, -0.15) is 10.2 Å². The van der Waals surface area contributed by atoms with Gasteiger partial charge in [-0.15, -0.1) is 0 Å². The van der Waals surface area contributed by atoms with Crippen molar-refractivity contribution in [3.63, 3.8) is 0 Å². The molecule has 6 nitrogen and oxygen atoms in total. The molecule has 0 aliphatic rings. The molecule has 0 saturated heterocycles. The topological polar surface area (TPSA) is 56.0 Å². The number of carbonyl (C=O) groups is 1. The zero-order valence-corrected chi connectivity index (χ0v) is 12.8. The van der Waals surface area contributed by atoms with E-state index in [-0.39, 0.29) is 5.91 Å². The first-order valence-corrected chi connectivity index (χ1v) is 6.77. The third kappa shape index (κ3) is 2.86. The summed E-state index contributed by atoms with van der Waals surface area (Å²) in [5, 5.41) is 8.34. The Kier molecular flexibility index (Phi) is 4.04. The number of rotatable bonds is 4. The van der Waals surface area contributed by atoms with E-state index in [1.54, 1.807) is 27.5 Å². The number of nitrogens with zero attached hydrogens (tertiary/aromatic N) is 5. The zero-order valence-electron chi connectivity index (χ0n) is 11.2. The molecule has 7 heteroatoms. The third-order valence-corrected chi connectivity index (χ3v) is 3.49. The van der Waals surface area contributed by atoms with Crippen molar-refractivity contribution < 1.29 is 4.79 Å². The first-order valence-electron chi connectivity index (χ1n) is 5.98. The smallest absolute Gasteiger partial charge is 0.275 e. The van der Waals surface area contributed by atoms with E-state index in [1.165, 1.54) is 0 Å². The van der Waals surface area contributed by atoms with Crippen LogP contribution in [0.1, 0.15) is 23.1 Å². The van der Waals surface area contributed by atoms with Crippen LogP contribution in [0.4, 0.5) is 0 Å². The van der Waals surface area contributed by atoms with Gasteiger partial charge in [-0.05, 0) is 28.9 Å². The molecule has 0 spiro atoms. The van der Waals surface area contributed by atoms with Crippen LogP contribution in [0.15, 0.2) is 22.9 Å². The number of hydrogen-bond acceptors (Lipinski definition) is 3. The van der Waals surface area contributed by atoms with Crippen molar-refractivity contribution in [2.45, 2.75) is 20.0 Å². The highest BCUT2D eigenvalue weighted by atomic mass is 79.9. The minimum atomic E-state index is -0.111. The number of aryl methyl sites for hydroxylation is 2. The summed E-state index contributed by atoms with van der Waals surface area (Å²) in [4.78, 5) is 14.0. The summed E-state index contributed by atoms with van der Waals surface area (Å²) in [5.41, 5.74) is 1.41. The van der Waals surface area contributed by atoms with Crippen molar-refractivity contribution in [1.82, 2.24) is 24.5 Å². The highest BCUT2D eigenvalue weighted by Gasteiger charge is 2.19. The van der Waals surface area contributed by atoms with Crippen LogP contribution in [0.5, 0.6) is 0 Å². The molecule has 102 valence electrons. The van der Waals surface area contributed by atoms with Gasteiger partial charge >= 0.3 is 0 Å². The van der Waals surface area contributed by atoms with E-state index in [0.29, 0.717) is 12.2 Å². The van der Waals surface area contributed by atoms with Gasteiger partial charge in [-0.1, -0.05) is 0 Å². The summed E-state index contributed by atoms with van der Waals surface area (Å²) < 4.78 is 4.20. The molecule has 0 fully saturated rings.